The highest BCUT2D eigenvalue weighted by Gasteiger charge is 2.25. The molecule has 0 unspecified atom stereocenters. The van der Waals surface area contributed by atoms with Crippen LogP contribution in [0.15, 0.2) is 42.5 Å². The summed E-state index contributed by atoms with van der Waals surface area (Å²) in [5, 5.41) is 3.24. The summed E-state index contributed by atoms with van der Waals surface area (Å²) in [4.78, 5) is 27.1. The van der Waals surface area contributed by atoms with Crippen LogP contribution in [0, 0.1) is 12.8 Å². The van der Waals surface area contributed by atoms with E-state index in [2.05, 4.69) is 41.4 Å². The van der Waals surface area contributed by atoms with E-state index < -0.39 is 5.97 Å². The lowest BCUT2D eigenvalue weighted by Gasteiger charge is -2.31. The first kappa shape index (κ1) is 21.3. The molecule has 0 aliphatic carbocycles. The minimum Gasteiger partial charge on any atom is -0.462 e. The number of carbonyl (C=O) groups excluding carboxylic acids is 2. The monoisotopic (exact) mass is 414 g/mol. The topological polar surface area (TPSA) is 58.6 Å². The number of rotatable bonds is 6. The number of esters is 1. The van der Waals surface area contributed by atoms with Gasteiger partial charge in [0, 0.05) is 18.2 Å². The van der Waals surface area contributed by atoms with Crippen LogP contribution in [0.25, 0.3) is 0 Å². The molecule has 0 atom stereocenters. The average Bonchev–Trinajstić information content (AvgIpc) is 2.70. The summed E-state index contributed by atoms with van der Waals surface area (Å²) in [6.07, 6.45) is 1.63. The molecule has 1 aliphatic rings. The van der Waals surface area contributed by atoms with Gasteiger partial charge in [-0.3, -0.25) is 9.69 Å². The fraction of sp³-hybridized carbons (Fsp3) is 0.391. The van der Waals surface area contributed by atoms with E-state index in [1.54, 1.807) is 25.1 Å². The number of anilines is 1. The highest BCUT2D eigenvalue weighted by atomic mass is 35.5. The van der Waals surface area contributed by atoms with Crippen molar-refractivity contribution in [1.29, 1.82) is 0 Å². The fourth-order valence-corrected chi connectivity index (χ4v) is 3.83. The quantitative estimate of drug-likeness (QED) is 0.697. The van der Waals surface area contributed by atoms with E-state index in [-0.39, 0.29) is 24.0 Å². The Kier molecular flexibility index (Phi) is 7.29. The van der Waals surface area contributed by atoms with Gasteiger partial charge in [0.2, 0.25) is 5.91 Å². The molecule has 6 heteroatoms. The Bertz CT molecular complexity index is 876. The van der Waals surface area contributed by atoms with E-state index in [1.807, 2.05) is 0 Å². The summed E-state index contributed by atoms with van der Waals surface area (Å²) >= 11 is 6.09. The van der Waals surface area contributed by atoms with Crippen LogP contribution in [-0.4, -0.2) is 36.5 Å². The van der Waals surface area contributed by atoms with Crippen LogP contribution in [-0.2, 0) is 16.1 Å². The zero-order valence-corrected chi connectivity index (χ0v) is 17.7. The predicted octanol–water partition coefficient (Wildman–Crippen LogP) is 4.68. The Morgan fingerprint density at radius 3 is 2.62 bits per heavy atom. The Hall–Kier alpha value is -2.37. The maximum atomic E-state index is 12.7. The van der Waals surface area contributed by atoms with Gasteiger partial charge >= 0.3 is 5.97 Å². The summed E-state index contributed by atoms with van der Waals surface area (Å²) < 4.78 is 5.01. The number of hydrogen-bond acceptors (Lipinski definition) is 4. The van der Waals surface area contributed by atoms with Crippen molar-refractivity contribution in [3.63, 3.8) is 0 Å². The van der Waals surface area contributed by atoms with Gasteiger partial charge < -0.3 is 10.1 Å². The second kappa shape index (κ2) is 9.90. The fourth-order valence-electron chi connectivity index (χ4n) is 3.63. The van der Waals surface area contributed by atoms with Gasteiger partial charge in [-0.1, -0.05) is 41.4 Å². The zero-order chi connectivity index (χ0) is 20.8. The van der Waals surface area contributed by atoms with E-state index in [1.165, 1.54) is 11.1 Å². The Morgan fingerprint density at radius 2 is 1.93 bits per heavy atom. The van der Waals surface area contributed by atoms with Gasteiger partial charge in [0.05, 0.1) is 17.2 Å². The SMILES string of the molecule is CCOC(=O)c1cc(NC(=O)C2CCN(Cc3cccc(C)c3)CC2)ccc1Cl. The molecular weight excluding hydrogens is 388 g/mol. The molecule has 1 aliphatic heterocycles. The summed E-state index contributed by atoms with van der Waals surface area (Å²) in [6.45, 7) is 6.80. The van der Waals surface area contributed by atoms with Crippen molar-refractivity contribution < 1.29 is 14.3 Å². The number of piperidine rings is 1. The summed E-state index contributed by atoms with van der Waals surface area (Å²) in [7, 11) is 0. The van der Waals surface area contributed by atoms with Crippen LogP contribution in [0.1, 0.15) is 41.3 Å². The molecule has 0 spiro atoms. The van der Waals surface area contributed by atoms with Crippen LogP contribution in [0.4, 0.5) is 5.69 Å². The van der Waals surface area contributed by atoms with Crippen molar-refractivity contribution >= 4 is 29.2 Å². The molecule has 0 aromatic heterocycles. The van der Waals surface area contributed by atoms with E-state index in [0.29, 0.717) is 10.7 Å². The number of amides is 1. The molecule has 5 nitrogen and oxygen atoms in total. The zero-order valence-electron chi connectivity index (χ0n) is 16.9. The van der Waals surface area contributed by atoms with E-state index >= 15 is 0 Å². The van der Waals surface area contributed by atoms with Gasteiger partial charge in [0.1, 0.15) is 0 Å². The highest BCUT2D eigenvalue weighted by molar-refractivity contribution is 6.33. The lowest BCUT2D eigenvalue weighted by molar-refractivity contribution is -0.121. The number of hydrogen-bond donors (Lipinski definition) is 1. The number of benzene rings is 2. The predicted molar refractivity (Wildman–Crippen MR) is 115 cm³/mol. The molecule has 2 aromatic rings. The van der Waals surface area contributed by atoms with Crippen LogP contribution in [0.5, 0.6) is 0 Å². The second-order valence-corrected chi connectivity index (χ2v) is 7.85. The summed E-state index contributed by atoms with van der Waals surface area (Å²) in [5.74, 6) is -0.541. The van der Waals surface area contributed by atoms with Gasteiger partial charge in [-0.25, -0.2) is 4.79 Å². The highest BCUT2D eigenvalue weighted by Crippen LogP contribution is 2.24. The van der Waals surface area contributed by atoms with Gasteiger partial charge in [-0.05, 0) is 63.5 Å². The number of likely N-dealkylation sites (tertiary alicyclic amines) is 1. The van der Waals surface area contributed by atoms with Crippen LogP contribution < -0.4 is 5.32 Å². The van der Waals surface area contributed by atoms with Crippen molar-refractivity contribution in [1.82, 2.24) is 4.90 Å². The van der Waals surface area contributed by atoms with Crippen molar-refractivity contribution in [2.24, 2.45) is 5.92 Å². The van der Waals surface area contributed by atoms with Gasteiger partial charge in [0.25, 0.3) is 0 Å². The molecule has 1 saturated heterocycles. The van der Waals surface area contributed by atoms with Crippen LogP contribution in [0.3, 0.4) is 0 Å². The molecule has 29 heavy (non-hydrogen) atoms. The lowest BCUT2D eigenvalue weighted by atomic mass is 9.95. The third-order valence-corrected chi connectivity index (χ3v) is 5.51. The normalized spacial score (nSPS) is 15.1. The maximum absolute atomic E-state index is 12.7. The first-order chi connectivity index (χ1) is 14.0. The van der Waals surface area contributed by atoms with Gasteiger partial charge in [-0.15, -0.1) is 0 Å². The Balaban J connectivity index is 1.54. The molecule has 0 bridgehead atoms. The molecule has 154 valence electrons. The number of halogens is 1. The number of nitrogens with zero attached hydrogens (tertiary/aromatic N) is 1. The third kappa shape index (κ3) is 5.81. The van der Waals surface area contributed by atoms with Crippen molar-refractivity contribution in [3.05, 3.63) is 64.2 Å². The summed E-state index contributed by atoms with van der Waals surface area (Å²) in [5.41, 5.74) is 3.39. The van der Waals surface area contributed by atoms with Gasteiger partial charge in [-0.2, -0.15) is 0 Å². The molecule has 1 heterocycles. The van der Waals surface area contributed by atoms with Crippen molar-refractivity contribution in [3.8, 4) is 0 Å². The minimum absolute atomic E-state index is 0.0164. The largest absolute Gasteiger partial charge is 0.462 e. The van der Waals surface area contributed by atoms with Crippen LogP contribution in [0.2, 0.25) is 5.02 Å². The number of aryl methyl sites for hydroxylation is 1. The first-order valence-electron chi connectivity index (χ1n) is 10.0. The van der Waals surface area contributed by atoms with Crippen molar-refractivity contribution in [2.75, 3.05) is 25.0 Å². The maximum Gasteiger partial charge on any atom is 0.339 e. The summed E-state index contributed by atoms with van der Waals surface area (Å²) in [6, 6.07) is 13.4. The molecule has 0 saturated carbocycles. The average molecular weight is 415 g/mol. The third-order valence-electron chi connectivity index (χ3n) is 5.18. The van der Waals surface area contributed by atoms with E-state index in [0.717, 1.165) is 32.5 Å². The Morgan fingerprint density at radius 1 is 1.17 bits per heavy atom. The Labute approximate surface area is 177 Å². The molecular formula is C23H27ClN2O3. The van der Waals surface area contributed by atoms with Crippen molar-refractivity contribution in [2.45, 2.75) is 33.2 Å². The molecule has 1 amide bonds. The first-order valence-corrected chi connectivity index (χ1v) is 10.4. The molecule has 0 radical (unpaired) electrons. The van der Waals surface area contributed by atoms with Gasteiger partial charge in [0.15, 0.2) is 0 Å². The number of nitrogens with one attached hydrogen (secondary N) is 1. The minimum atomic E-state index is -0.488. The van der Waals surface area contributed by atoms with E-state index in [9.17, 15) is 9.59 Å². The number of ether oxygens (including phenoxy) is 1. The van der Waals surface area contributed by atoms with E-state index in [4.69, 9.17) is 16.3 Å². The lowest BCUT2D eigenvalue weighted by Crippen LogP contribution is -2.37. The molecule has 1 N–H and O–H groups in total. The van der Waals surface area contributed by atoms with Crippen LogP contribution >= 0.6 is 11.6 Å². The second-order valence-electron chi connectivity index (χ2n) is 7.44. The molecule has 1 fully saturated rings. The molecule has 3 rings (SSSR count). The smallest absolute Gasteiger partial charge is 0.339 e. The standard InChI is InChI=1S/C23H27ClN2O3/c1-3-29-23(28)20-14-19(7-8-21(20)24)25-22(27)18-9-11-26(12-10-18)15-17-6-4-5-16(2)13-17/h4-8,13-14,18H,3,9-12,15H2,1-2H3,(H,25,27). The number of carbonyl (C=O) groups is 2. The molecule has 2 aromatic carbocycles.